The second kappa shape index (κ2) is 8.14. The summed E-state index contributed by atoms with van der Waals surface area (Å²) in [6.45, 7) is 0. The Morgan fingerprint density at radius 1 is 1.19 bits per heavy atom. The van der Waals surface area contributed by atoms with E-state index in [1.54, 1.807) is 12.1 Å². The van der Waals surface area contributed by atoms with Crippen LogP contribution in [0.2, 0.25) is 0 Å². The van der Waals surface area contributed by atoms with Crippen LogP contribution in [0.15, 0.2) is 29.2 Å². The van der Waals surface area contributed by atoms with Crippen LogP contribution in [0.3, 0.4) is 0 Å². The van der Waals surface area contributed by atoms with Crippen molar-refractivity contribution >= 4 is 39.1 Å². The molecule has 0 spiro atoms. The van der Waals surface area contributed by atoms with Crippen molar-refractivity contribution in [1.82, 2.24) is 0 Å². The molecule has 1 rings (SSSR count). The predicted molar refractivity (Wildman–Crippen MR) is 80.6 cm³/mol. The maximum absolute atomic E-state index is 12.2. The van der Waals surface area contributed by atoms with Crippen molar-refractivity contribution in [3.63, 3.8) is 0 Å². The minimum absolute atomic E-state index is 0.113. The molecule has 0 aliphatic carbocycles. The van der Waals surface area contributed by atoms with Gasteiger partial charge in [-0.15, -0.1) is 23.4 Å². The molecule has 0 saturated carbocycles. The van der Waals surface area contributed by atoms with Gasteiger partial charge in [0.05, 0.1) is 17.2 Å². The summed E-state index contributed by atoms with van der Waals surface area (Å²) >= 11 is 6.02. The van der Waals surface area contributed by atoms with Crippen molar-refractivity contribution in [3.8, 4) is 0 Å². The van der Waals surface area contributed by atoms with Gasteiger partial charge in [0.2, 0.25) is 10.0 Å². The van der Waals surface area contributed by atoms with Gasteiger partial charge in [0.1, 0.15) is 0 Å². The Morgan fingerprint density at radius 3 is 2.48 bits per heavy atom. The van der Waals surface area contributed by atoms with E-state index in [-0.39, 0.29) is 16.3 Å². The van der Waals surface area contributed by atoms with E-state index < -0.39 is 22.0 Å². The Balaban J connectivity index is 2.74. The zero-order valence-electron chi connectivity index (χ0n) is 11.0. The number of hydrogen-bond donors (Lipinski definition) is 1. The Morgan fingerprint density at radius 2 is 1.86 bits per heavy atom. The molecule has 0 amide bonds. The van der Waals surface area contributed by atoms with Gasteiger partial charge in [-0.05, 0) is 25.0 Å². The molecule has 0 aliphatic rings. The van der Waals surface area contributed by atoms with Crippen LogP contribution >= 0.6 is 23.4 Å². The molecule has 0 unspecified atom stereocenters. The van der Waals surface area contributed by atoms with Crippen molar-refractivity contribution in [3.05, 3.63) is 24.3 Å². The summed E-state index contributed by atoms with van der Waals surface area (Å²) in [4.78, 5) is 0.246. The molecular weight excluding hydrogens is 347 g/mol. The van der Waals surface area contributed by atoms with Gasteiger partial charge in [-0.1, -0.05) is 12.1 Å². The highest BCUT2D eigenvalue weighted by atomic mass is 35.5. The molecule has 9 heteroatoms. The lowest BCUT2D eigenvalue weighted by Crippen LogP contribution is -2.17. The zero-order valence-corrected chi connectivity index (χ0v) is 13.4. The van der Waals surface area contributed by atoms with E-state index in [9.17, 15) is 21.6 Å². The van der Waals surface area contributed by atoms with Gasteiger partial charge in [-0.25, -0.2) is 8.42 Å². The fourth-order valence-electron chi connectivity index (χ4n) is 1.44. The van der Waals surface area contributed by atoms with Gasteiger partial charge >= 0.3 is 6.18 Å². The third-order valence-electron chi connectivity index (χ3n) is 2.34. The van der Waals surface area contributed by atoms with Gasteiger partial charge in [-0.3, -0.25) is 4.72 Å². The normalized spacial score (nSPS) is 12.4. The van der Waals surface area contributed by atoms with Gasteiger partial charge in [0, 0.05) is 10.8 Å². The first-order valence-corrected chi connectivity index (χ1v) is 9.26. The fraction of sp³-hybridized carbons (Fsp3) is 0.500. The first-order valence-electron chi connectivity index (χ1n) is 6.08. The van der Waals surface area contributed by atoms with Gasteiger partial charge in [0.25, 0.3) is 0 Å². The van der Waals surface area contributed by atoms with Gasteiger partial charge in [0.15, 0.2) is 0 Å². The second-order valence-corrected chi connectivity index (χ2v) is 7.45. The highest BCUT2D eigenvalue weighted by Gasteiger charge is 2.27. The number of unbranched alkanes of at least 4 members (excludes halogenated alkanes) is 1. The molecule has 0 heterocycles. The number of rotatable bonds is 8. The molecule has 0 aromatic heterocycles. The van der Waals surface area contributed by atoms with Crippen LogP contribution in [0.25, 0.3) is 0 Å². The van der Waals surface area contributed by atoms with Crippen molar-refractivity contribution in [2.75, 3.05) is 22.1 Å². The first kappa shape index (κ1) is 18.4. The molecule has 1 N–H and O–H groups in total. The number of sulfonamides is 1. The maximum Gasteiger partial charge on any atom is 0.398 e. The average Bonchev–Trinajstić information content (AvgIpc) is 2.36. The van der Waals surface area contributed by atoms with Crippen molar-refractivity contribution in [2.45, 2.75) is 23.9 Å². The van der Waals surface area contributed by atoms with E-state index in [0.717, 1.165) is 0 Å². The number of benzene rings is 1. The third kappa shape index (κ3) is 7.82. The topological polar surface area (TPSA) is 46.2 Å². The summed E-state index contributed by atoms with van der Waals surface area (Å²) < 4.78 is 62.7. The molecule has 21 heavy (non-hydrogen) atoms. The second-order valence-electron chi connectivity index (χ2n) is 4.22. The Labute approximate surface area is 131 Å². The van der Waals surface area contributed by atoms with E-state index in [4.69, 9.17) is 11.6 Å². The van der Waals surface area contributed by atoms with E-state index >= 15 is 0 Å². The molecule has 0 radical (unpaired) electrons. The number of anilines is 1. The van der Waals surface area contributed by atoms with Crippen LogP contribution in [0, 0.1) is 0 Å². The number of nitrogens with one attached hydrogen (secondary N) is 1. The summed E-state index contributed by atoms with van der Waals surface area (Å²) in [5.41, 5.74) is 0.164. The molecule has 0 aliphatic heterocycles. The molecule has 120 valence electrons. The predicted octanol–water partition coefficient (Wildman–Crippen LogP) is 4.10. The Bertz CT molecular complexity index is 550. The molecule has 1 aromatic rings. The van der Waals surface area contributed by atoms with Crippen molar-refractivity contribution in [2.24, 2.45) is 0 Å². The average molecular weight is 362 g/mol. The number of hydrogen-bond acceptors (Lipinski definition) is 3. The molecule has 0 saturated heterocycles. The molecule has 0 atom stereocenters. The molecule has 0 bridgehead atoms. The molecular formula is C12H15ClF3NO2S2. The van der Waals surface area contributed by atoms with Gasteiger partial charge in [-0.2, -0.15) is 13.2 Å². The SMILES string of the molecule is O=S(=O)(CCCCCl)Nc1ccccc1SCC(F)(F)F. The summed E-state index contributed by atoms with van der Waals surface area (Å²) in [5, 5.41) is 0. The van der Waals surface area contributed by atoms with E-state index in [0.29, 0.717) is 30.5 Å². The standard InChI is InChI=1S/C12H15ClF3NO2S2/c13-7-3-4-8-21(18,19)17-10-5-1-2-6-11(10)20-9-12(14,15)16/h1-2,5-6,17H,3-4,7-9H2. The Kier molecular flexibility index (Phi) is 7.15. The Hall–Kier alpha value is -0.600. The summed E-state index contributed by atoms with van der Waals surface area (Å²) in [6.07, 6.45) is -3.35. The monoisotopic (exact) mass is 361 g/mol. The van der Waals surface area contributed by atoms with Crippen LogP contribution in [0.1, 0.15) is 12.8 Å². The summed E-state index contributed by atoms with van der Waals surface area (Å²) in [6, 6.07) is 6.02. The largest absolute Gasteiger partial charge is 0.398 e. The molecule has 3 nitrogen and oxygen atoms in total. The number of halogens is 4. The lowest BCUT2D eigenvalue weighted by atomic mass is 10.3. The zero-order chi connectivity index (χ0) is 15.9. The minimum atomic E-state index is -4.31. The van der Waals surface area contributed by atoms with E-state index in [1.165, 1.54) is 12.1 Å². The van der Waals surface area contributed by atoms with Crippen molar-refractivity contribution < 1.29 is 21.6 Å². The van der Waals surface area contributed by atoms with Crippen LogP contribution in [0.5, 0.6) is 0 Å². The number of alkyl halides is 4. The lowest BCUT2D eigenvalue weighted by molar-refractivity contribution is -0.105. The van der Waals surface area contributed by atoms with Crippen molar-refractivity contribution in [1.29, 1.82) is 0 Å². The van der Waals surface area contributed by atoms with E-state index in [1.807, 2.05) is 0 Å². The number of thioether (sulfide) groups is 1. The van der Waals surface area contributed by atoms with Crippen LogP contribution < -0.4 is 4.72 Å². The maximum atomic E-state index is 12.2. The highest BCUT2D eigenvalue weighted by Crippen LogP contribution is 2.32. The van der Waals surface area contributed by atoms with Crippen LogP contribution in [0.4, 0.5) is 18.9 Å². The van der Waals surface area contributed by atoms with E-state index in [2.05, 4.69) is 4.72 Å². The fourth-order valence-corrected chi connectivity index (χ4v) is 3.66. The minimum Gasteiger partial charge on any atom is -0.282 e. The van der Waals surface area contributed by atoms with Gasteiger partial charge < -0.3 is 0 Å². The van der Waals surface area contributed by atoms with Crippen LogP contribution in [-0.2, 0) is 10.0 Å². The molecule has 1 aromatic carbocycles. The first-order chi connectivity index (χ1) is 9.73. The highest BCUT2D eigenvalue weighted by molar-refractivity contribution is 7.99. The smallest absolute Gasteiger partial charge is 0.282 e. The summed E-state index contributed by atoms with van der Waals surface area (Å²) in [7, 11) is -3.59. The number of para-hydroxylation sites is 1. The molecule has 0 fully saturated rings. The van der Waals surface area contributed by atoms with Crippen LogP contribution in [-0.4, -0.2) is 32.0 Å². The third-order valence-corrected chi connectivity index (χ3v) is 5.10. The quantitative estimate of drug-likeness (QED) is 0.430. The summed E-state index contributed by atoms with van der Waals surface area (Å²) in [5.74, 6) is -0.816. The lowest BCUT2D eigenvalue weighted by Gasteiger charge is -2.13.